The van der Waals surface area contributed by atoms with Gasteiger partial charge in [-0.1, -0.05) is 18.2 Å². The van der Waals surface area contributed by atoms with E-state index in [0.717, 1.165) is 23.3 Å². The summed E-state index contributed by atoms with van der Waals surface area (Å²) in [4.78, 5) is 12.5. The van der Waals surface area contributed by atoms with E-state index in [0.29, 0.717) is 22.5 Å². The summed E-state index contributed by atoms with van der Waals surface area (Å²) in [6.07, 6.45) is 8.28. The van der Waals surface area contributed by atoms with Crippen molar-refractivity contribution < 1.29 is 4.79 Å². The van der Waals surface area contributed by atoms with Crippen molar-refractivity contribution in [3.05, 3.63) is 35.4 Å². The van der Waals surface area contributed by atoms with E-state index in [-0.39, 0.29) is 11.9 Å². The standard InChI is InChI=1S/C22H28N2OS/c1-15(22-9-16-6-17(10-22)8-18(7-16)11-22)24-21(25)14-26-13-20-5-3-2-4-19(20)12-23/h2-5,15-18H,6-11,13-14H2,1H3,(H,24,25)/t15-,16?,17?,18?,22?/m0/s1. The first-order valence-corrected chi connectivity index (χ1v) is 11.1. The first kappa shape index (κ1) is 17.9. The van der Waals surface area contributed by atoms with Crippen LogP contribution in [0.5, 0.6) is 0 Å². The molecule has 4 aliphatic carbocycles. The summed E-state index contributed by atoms with van der Waals surface area (Å²) in [5.41, 5.74) is 2.09. The molecule has 4 bridgehead atoms. The molecule has 1 aromatic rings. The highest BCUT2D eigenvalue weighted by Gasteiger charge is 2.53. The fraction of sp³-hybridized carbons (Fsp3) is 0.636. The second-order valence-electron chi connectivity index (χ2n) is 8.83. The van der Waals surface area contributed by atoms with Crippen LogP contribution >= 0.6 is 11.8 Å². The molecule has 4 aliphatic rings. The molecule has 0 aromatic heterocycles. The Labute approximate surface area is 160 Å². The van der Waals surface area contributed by atoms with Gasteiger partial charge in [0.2, 0.25) is 5.91 Å². The summed E-state index contributed by atoms with van der Waals surface area (Å²) < 4.78 is 0. The molecular formula is C22H28N2OS. The van der Waals surface area contributed by atoms with Gasteiger partial charge < -0.3 is 5.32 Å². The summed E-state index contributed by atoms with van der Waals surface area (Å²) in [6.45, 7) is 2.24. The molecule has 0 spiro atoms. The van der Waals surface area contributed by atoms with E-state index in [1.165, 1.54) is 38.5 Å². The highest BCUT2D eigenvalue weighted by atomic mass is 32.2. The molecule has 0 unspecified atom stereocenters. The molecule has 0 aliphatic heterocycles. The van der Waals surface area contributed by atoms with Gasteiger partial charge in [-0.15, -0.1) is 11.8 Å². The molecule has 4 fully saturated rings. The SMILES string of the molecule is C[C@H](NC(=O)CSCc1ccccc1C#N)C12CC3CC(CC(C3)C1)C2. The lowest BCUT2D eigenvalue weighted by molar-refractivity contribution is -0.123. The van der Waals surface area contributed by atoms with E-state index in [1.54, 1.807) is 11.8 Å². The van der Waals surface area contributed by atoms with Crippen LogP contribution in [0.2, 0.25) is 0 Å². The predicted molar refractivity (Wildman–Crippen MR) is 106 cm³/mol. The Morgan fingerprint density at radius 2 is 1.85 bits per heavy atom. The molecule has 0 saturated heterocycles. The van der Waals surface area contributed by atoms with E-state index in [4.69, 9.17) is 5.26 Å². The predicted octanol–water partition coefficient (Wildman–Crippen LogP) is 4.51. The molecule has 0 heterocycles. The number of hydrogen-bond donors (Lipinski definition) is 1. The zero-order valence-electron chi connectivity index (χ0n) is 15.5. The Kier molecular flexibility index (Phi) is 5.01. The number of nitrogens with zero attached hydrogens (tertiary/aromatic N) is 1. The van der Waals surface area contributed by atoms with Crippen LogP contribution < -0.4 is 5.32 Å². The lowest BCUT2D eigenvalue weighted by Gasteiger charge is -2.59. The van der Waals surface area contributed by atoms with E-state index < -0.39 is 0 Å². The summed E-state index contributed by atoms with van der Waals surface area (Å²) >= 11 is 1.60. The highest BCUT2D eigenvalue weighted by Crippen LogP contribution is 2.61. The molecule has 3 nitrogen and oxygen atoms in total. The summed E-state index contributed by atoms with van der Waals surface area (Å²) in [6, 6.07) is 10.2. The van der Waals surface area contributed by atoms with Gasteiger partial charge in [0.1, 0.15) is 0 Å². The van der Waals surface area contributed by atoms with Crippen LogP contribution in [0.25, 0.3) is 0 Å². The van der Waals surface area contributed by atoms with Crippen LogP contribution in [-0.2, 0) is 10.5 Å². The zero-order valence-corrected chi connectivity index (χ0v) is 16.4. The third-order valence-corrected chi connectivity index (χ3v) is 7.99. The second kappa shape index (κ2) is 7.27. The van der Waals surface area contributed by atoms with Gasteiger partial charge in [-0.05, 0) is 80.2 Å². The number of carbonyl (C=O) groups excluding carboxylic acids is 1. The lowest BCUT2D eigenvalue weighted by atomic mass is 9.48. The first-order chi connectivity index (χ1) is 12.6. The van der Waals surface area contributed by atoms with Crippen LogP contribution in [-0.4, -0.2) is 17.7 Å². The van der Waals surface area contributed by atoms with E-state index in [9.17, 15) is 4.79 Å². The smallest absolute Gasteiger partial charge is 0.230 e. The number of amides is 1. The van der Waals surface area contributed by atoms with Crippen LogP contribution in [0.4, 0.5) is 0 Å². The molecule has 26 heavy (non-hydrogen) atoms. The Morgan fingerprint density at radius 3 is 2.46 bits per heavy atom. The molecule has 5 rings (SSSR count). The van der Waals surface area contributed by atoms with Crippen molar-refractivity contribution in [2.24, 2.45) is 23.2 Å². The molecule has 4 saturated carbocycles. The Morgan fingerprint density at radius 1 is 1.23 bits per heavy atom. The molecule has 138 valence electrons. The summed E-state index contributed by atoms with van der Waals surface area (Å²) in [5, 5.41) is 12.5. The van der Waals surface area contributed by atoms with Gasteiger partial charge in [-0.25, -0.2) is 0 Å². The van der Waals surface area contributed by atoms with Gasteiger partial charge in [-0.3, -0.25) is 4.79 Å². The molecule has 1 atom stereocenters. The minimum atomic E-state index is 0.146. The van der Waals surface area contributed by atoms with Gasteiger partial charge in [0.15, 0.2) is 0 Å². The molecule has 1 aromatic carbocycles. The van der Waals surface area contributed by atoms with Crippen molar-refractivity contribution in [1.29, 1.82) is 5.26 Å². The van der Waals surface area contributed by atoms with Crippen molar-refractivity contribution in [1.82, 2.24) is 5.32 Å². The monoisotopic (exact) mass is 368 g/mol. The van der Waals surface area contributed by atoms with Gasteiger partial charge in [0.05, 0.1) is 17.4 Å². The van der Waals surface area contributed by atoms with Crippen molar-refractivity contribution in [3.63, 3.8) is 0 Å². The average molecular weight is 369 g/mol. The van der Waals surface area contributed by atoms with Crippen LogP contribution in [0, 0.1) is 34.5 Å². The number of carbonyl (C=O) groups is 1. The third-order valence-electron chi connectivity index (χ3n) is 7.01. The van der Waals surface area contributed by atoms with Gasteiger partial charge in [0, 0.05) is 11.8 Å². The molecule has 0 radical (unpaired) electrons. The van der Waals surface area contributed by atoms with Crippen LogP contribution in [0.1, 0.15) is 56.6 Å². The van der Waals surface area contributed by atoms with E-state index in [2.05, 4.69) is 18.3 Å². The maximum absolute atomic E-state index is 12.5. The number of nitriles is 1. The topological polar surface area (TPSA) is 52.9 Å². The maximum atomic E-state index is 12.5. The number of nitrogens with one attached hydrogen (secondary N) is 1. The molecule has 1 N–H and O–H groups in total. The first-order valence-electron chi connectivity index (χ1n) is 9.93. The van der Waals surface area contributed by atoms with Crippen molar-refractivity contribution in [3.8, 4) is 6.07 Å². The number of hydrogen-bond acceptors (Lipinski definition) is 3. The molecular weight excluding hydrogens is 340 g/mol. The Bertz CT molecular complexity index is 688. The highest BCUT2D eigenvalue weighted by molar-refractivity contribution is 7.99. The number of benzene rings is 1. The second-order valence-corrected chi connectivity index (χ2v) is 9.82. The Balaban J connectivity index is 1.29. The summed E-state index contributed by atoms with van der Waals surface area (Å²) in [5.74, 6) is 4.07. The Hall–Kier alpha value is -1.47. The largest absolute Gasteiger partial charge is 0.352 e. The number of rotatable bonds is 6. The van der Waals surface area contributed by atoms with Gasteiger partial charge in [-0.2, -0.15) is 5.26 Å². The maximum Gasteiger partial charge on any atom is 0.230 e. The average Bonchev–Trinajstić information content (AvgIpc) is 2.61. The van der Waals surface area contributed by atoms with Crippen molar-refractivity contribution >= 4 is 17.7 Å². The van der Waals surface area contributed by atoms with Crippen LogP contribution in [0.3, 0.4) is 0 Å². The number of thioether (sulfide) groups is 1. The minimum Gasteiger partial charge on any atom is -0.352 e. The van der Waals surface area contributed by atoms with Crippen molar-refractivity contribution in [2.75, 3.05) is 5.75 Å². The summed E-state index contributed by atoms with van der Waals surface area (Å²) in [7, 11) is 0. The molecule has 4 heteroatoms. The third kappa shape index (κ3) is 3.51. The normalized spacial score (nSPS) is 32.8. The fourth-order valence-corrected chi connectivity index (χ4v) is 7.00. The lowest BCUT2D eigenvalue weighted by Crippen LogP contribution is -2.56. The fourth-order valence-electron chi connectivity index (χ4n) is 6.15. The zero-order chi connectivity index (χ0) is 18.1. The quantitative estimate of drug-likeness (QED) is 0.803. The molecule has 1 amide bonds. The van der Waals surface area contributed by atoms with E-state index in [1.807, 2.05) is 24.3 Å². The van der Waals surface area contributed by atoms with Crippen LogP contribution in [0.15, 0.2) is 24.3 Å². The van der Waals surface area contributed by atoms with Gasteiger partial charge in [0.25, 0.3) is 0 Å². The van der Waals surface area contributed by atoms with Gasteiger partial charge >= 0.3 is 0 Å². The van der Waals surface area contributed by atoms with E-state index >= 15 is 0 Å². The minimum absolute atomic E-state index is 0.146. The van der Waals surface area contributed by atoms with Crippen molar-refractivity contribution in [2.45, 2.75) is 57.2 Å².